The molecule has 0 spiro atoms. The molecule has 0 saturated heterocycles. The number of ether oxygens (including phenoxy) is 1. The molecule has 0 saturated carbocycles. The van der Waals surface area contributed by atoms with E-state index in [9.17, 15) is 19.3 Å². The zero-order chi connectivity index (χ0) is 14.5. The monoisotopic (exact) mass is 275 g/mol. The summed E-state index contributed by atoms with van der Waals surface area (Å²) in [5, 5.41) is 10.8. The maximum Gasteiger partial charge on any atom is 0.276 e. The summed E-state index contributed by atoms with van der Waals surface area (Å²) in [6.45, 7) is -0.196. The Labute approximate surface area is 113 Å². The van der Waals surface area contributed by atoms with E-state index in [0.29, 0.717) is 11.8 Å². The molecule has 0 aliphatic rings. The number of para-hydroxylation sites is 2. The third kappa shape index (κ3) is 2.80. The van der Waals surface area contributed by atoms with Gasteiger partial charge in [0, 0.05) is 6.07 Å². The van der Waals surface area contributed by atoms with Crippen LogP contribution in [0, 0.1) is 15.9 Å². The van der Waals surface area contributed by atoms with Crippen molar-refractivity contribution >= 4 is 12.0 Å². The second kappa shape index (κ2) is 5.92. The van der Waals surface area contributed by atoms with Gasteiger partial charge in [-0.2, -0.15) is 0 Å². The second-order valence-electron chi connectivity index (χ2n) is 3.95. The summed E-state index contributed by atoms with van der Waals surface area (Å²) in [5.41, 5.74) is 0.248. The number of rotatable bonds is 5. The van der Waals surface area contributed by atoms with Crippen molar-refractivity contribution in [2.45, 2.75) is 6.61 Å². The first-order valence-electron chi connectivity index (χ1n) is 5.72. The Morgan fingerprint density at radius 1 is 1.20 bits per heavy atom. The third-order valence-electron chi connectivity index (χ3n) is 2.68. The topological polar surface area (TPSA) is 69.4 Å². The number of carbonyl (C=O) groups excluding carboxylic acids is 1. The van der Waals surface area contributed by atoms with Crippen molar-refractivity contribution in [1.82, 2.24) is 0 Å². The van der Waals surface area contributed by atoms with E-state index in [4.69, 9.17) is 4.74 Å². The standard InChI is InChI=1S/C14H10FNO4/c15-12-6-3-5-10(8-17)14(12)20-9-11-4-1-2-7-13(11)16(18)19/h1-8H,9H2. The van der Waals surface area contributed by atoms with Crippen LogP contribution in [0.4, 0.5) is 10.1 Å². The van der Waals surface area contributed by atoms with Gasteiger partial charge in [0.05, 0.1) is 16.1 Å². The maximum atomic E-state index is 13.6. The van der Waals surface area contributed by atoms with Crippen LogP contribution in [0.5, 0.6) is 5.75 Å². The highest BCUT2D eigenvalue weighted by Crippen LogP contribution is 2.24. The highest BCUT2D eigenvalue weighted by Gasteiger charge is 2.15. The predicted octanol–water partition coefficient (Wildman–Crippen LogP) is 3.13. The quantitative estimate of drug-likeness (QED) is 0.477. The fourth-order valence-electron chi connectivity index (χ4n) is 1.73. The lowest BCUT2D eigenvalue weighted by Crippen LogP contribution is -2.03. The molecule has 2 rings (SSSR count). The summed E-state index contributed by atoms with van der Waals surface area (Å²) in [6, 6.07) is 9.94. The zero-order valence-electron chi connectivity index (χ0n) is 10.3. The lowest BCUT2D eigenvalue weighted by atomic mass is 10.2. The Kier molecular flexibility index (Phi) is 4.05. The van der Waals surface area contributed by atoms with Crippen LogP contribution in [0.25, 0.3) is 0 Å². The van der Waals surface area contributed by atoms with Gasteiger partial charge in [-0.3, -0.25) is 14.9 Å². The smallest absolute Gasteiger partial charge is 0.276 e. The van der Waals surface area contributed by atoms with Crippen LogP contribution in [-0.2, 0) is 6.61 Å². The van der Waals surface area contributed by atoms with Crippen LogP contribution in [0.1, 0.15) is 15.9 Å². The zero-order valence-corrected chi connectivity index (χ0v) is 10.3. The van der Waals surface area contributed by atoms with Gasteiger partial charge < -0.3 is 4.74 Å². The van der Waals surface area contributed by atoms with Gasteiger partial charge in [0.1, 0.15) is 6.61 Å². The van der Waals surface area contributed by atoms with Gasteiger partial charge in [-0.25, -0.2) is 4.39 Å². The van der Waals surface area contributed by atoms with E-state index in [2.05, 4.69) is 0 Å². The van der Waals surface area contributed by atoms with Crippen molar-refractivity contribution in [2.24, 2.45) is 0 Å². The molecule has 20 heavy (non-hydrogen) atoms. The number of halogens is 1. The average Bonchev–Trinajstić information content (AvgIpc) is 2.46. The van der Waals surface area contributed by atoms with E-state index in [1.807, 2.05) is 0 Å². The molecule has 0 fully saturated rings. The third-order valence-corrected chi connectivity index (χ3v) is 2.68. The van der Waals surface area contributed by atoms with Gasteiger partial charge in [0.15, 0.2) is 17.9 Å². The molecular formula is C14H10FNO4. The van der Waals surface area contributed by atoms with E-state index in [1.165, 1.54) is 30.3 Å². The number of benzene rings is 2. The molecule has 0 aliphatic heterocycles. The fraction of sp³-hybridized carbons (Fsp3) is 0.0714. The number of nitrogens with zero attached hydrogens (tertiary/aromatic N) is 1. The van der Waals surface area contributed by atoms with Gasteiger partial charge in [-0.05, 0) is 18.2 Å². The Bertz CT molecular complexity index is 657. The van der Waals surface area contributed by atoms with E-state index in [0.717, 1.165) is 6.07 Å². The number of aldehydes is 1. The molecule has 0 aliphatic carbocycles. The Morgan fingerprint density at radius 2 is 1.95 bits per heavy atom. The van der Waals surface area contributed by atoms with Crippen molar-refractivity contribution in [2.75, 3.05) is 0 Å². The van der Waals surface area contributed by atoms with Gasteiger partial charge in [-0.1, -0.05) is 18.2 Å². The molecule has 5 nitrogen and oxygen atoms in total. The van der Waals surface area contributed by atoms with Crippen molar-refractivity contribution in [3.8, 4) is 5.75 Å². The van der Waals surface area contributed by atoms with E-state index in [1.54, 1.807) is 6.07 Å². The maximum absolute atomic E-state index is 13.6. The summed E-state index contributed by atoms with van der Waals surface area (Å²) in [7, 11) is 0. The molecule has 0 atom stereocenters. The summed E-state index contributed by atoms with van der Waals surface area (Å²) < 4.78 is 18.8. The first-order valence-corrected chi connectivity index (χ1v) is 5.72. The minimum atomic E-state index is -0.687. The first-order chi connectivity index (χ1) is 9.63. The average molecular weight is 275 g/mol. The predicted molar refractivity (Wildman–Crippen MR) is 69.2 cm³/mol. The van der Waals surface area contributed by atoms with E-state index in [-0.39, 0.29) is 23.6 Å². The molecule has 0 amide bonds. The minimum Gasteiger partial charge on any atom is -0.485 e. The lowest BCUT2D eigenvalue weighted by molar-refractivity contribution is -0.385. The summed E-state index contributed by atoms with van der Waals surface area (Å²) in [6.07, 6.45) is 0.470. The van der Waals surface area contributed by atoms with Crippen LogP contribution in [0.15, 0.2) is 42.5 Å². The summed E-state index contributed by atoms with van der Waals surface area (Å²) in [5.74, 6) is -0.895. The highest BCUT2D eigenvalue weighted by molar-refractivity contribution is 5.79. The highest BCUT2D eigenvalue weighted by atomic mass is 19.1. The fourth-order valence-corrected chi connectivity index (χ4v) is 1.73. The first kappa shape index (κ1) is 13.7. The van der Waals surface area contributed by atoms with Gasteiger partial charge in [0.2, 0.25) is 0 Å². The summed E-state index contributed by atoms with van der Waals surface area (Å²) in [4.78, 5) is 21.1. The minimum absolute atomic E-state index is 0.0589. The molecule has 2 aromatic carbocycles. The molecule has 102 valence electrons. The van der Waals surface area contributed by atoms with E-state index < -0.39 is 10.7 Å². The number of carbonyl (C=O) groups is 1. The SMILES string of the molecule is O=Cc1cccc(F)c1OCc1ccccc1[N+](=O)[O-]. The van der Waals surface area contributed by atoms with Crippen LogP contribution in [0.3, 0.4) is 0 Å². The van der Waals surface area contributed by atoms with Crippen molar-refractivity contribution in [1.29, 1.82) is 0 Å². The van der Waals surface area contributed by atoms with Gasteiger partial charge >= 0.3 is 0 Å². The van der Waals surface area contributed by atoms with Crippen LogP contribution in [0.2, 0.25) is 0 Å². The number of hydrogen-bond donors (Lipinski definition) is 0. The van der Waals surface area contributed by atoms with Crippen molar-refractivity contribution in [3.05, 3.63) is 69.5 Å². The molecule has 0 unspecified atom stereocenters. The Hall–Kier alpha value is -2.76. The molecule has 0 bridgehead atoms. The van der Waals surface area contributed by atoms with Crippen molar-refractivity contribution in [3.63, 3.8) is 0 Å². The largest absolute Gasteiger partial charge is 0.485 e. The molecule has 6 heteroatoms. The molecule has 0 aromatic heterocycles. The van der Waals surface area contributed by atoms with Crippen molar-refractivity contribution < 1.29 is 18.8 Å². The summed E-state index contributed by atoms with van der Waals surface area (Å²) >= 11 is 0. The molecule has 0 heterocycles. The van der Waals surface area contributed by atoms with Gasteiger partial charge in [-0.15, -0.1) is 0 Å². The lowest BCUT2D eigenvalue weighted by Gasteiger charge is -2.09. The molecular weight excluding hydrogens is 265 g/mol. The Balaban J connectivity index is 2.26. The Morgan fingerprint density at radius 3 is 2.65 bits per heavy atom. The van der Waals surface area contributed by atoms with Crippen LogP contribution < -0.4 is 4.74 Å². The number of hydrogen-bond acceptors (Lipinski definition) is 4. The van der Waals surface area contributed by atoms with Gasteiger partial charge in [0.25, 0.3) is 5.69 Å². The normalized spacial score (nSPS) is 10.1. The molecule has 0 N–H and O–H groups in total. The molecule has 2 aromatic rings. The molecule has 0 radical (unpaired) electrons. The second-order valence-corrected chi connectivity index (χ2v) is 3.95. The number of nitro benzene ring substituents is 1. The number of nitro groups is 1. The van der Waals surface area contributed by atoms with E-state index >= 15 is 0 Å². The van der Waals surface area contributed by atoms with Crippen LogP contribution >= 0.6 is 0 Å². The van der Waals surface area contributed by atoms with Crippen LogP contribution in [-0.4, -0.2) is 11.2 Å².